The minimum atomic E-state index is -0.125. The Morgan fingerprint density at radius 1 is 1.19 bits per heavy atom. The number of nitrogens with one attached hydrogen (secondary N) is 1. The van der Waals surface area contributed by atoms with Crippen molar-refractivity contribution in [1.82, 2.24) is 0 Å². The van der Waals surface area contributed by atoms with Crippen LogP contribution < -0.4 is 10.1 Å². The summed E-state index contributed by atoms with van der Waals surface area (Å²) in [6.07, 6.45) is 2.08. The lowest BCUT2D eigenvalue weighted by Crippen LogP contribution is -2.13. The summed E-state index contributed by atoms with van der Waals surface area (Å²) in [5.41, 5.74) is 1.35. The number of amides is 1. The topological polar surface area (TPSA) is 38.3 Å². The molecule has 2 aromatic rings. The van der Waals surface area contributed by atoms with Crippen LogP contribution in [-0.4, -0.2) is 12.5 Å². The first-order valence-corrected chi connectivity index (χ1v) is 8.07. The van der Waals surface area contributed by atoms with Gasteiger partial charge in [-0.05, 0) is 59.3 Å². The molecule has 1 N–H and O–H groups in total. The van der Waals surface area contributed by atoms with Crippen molar-refractivity contribution in [3.8, 4) is 5.75 Å². The molecule has 0 saturated heterocycles. The number of hydrogen-bond acceptors (Lipinski definition) is 2. The predicted octanol–water partition coefficient (Wildman–Crippen LogP) is 4.72. The molecule has 0 aliphatic rings. The third-order valence-electron chi connectivity index (χ3n) is 2.98. The lowest BCUT2D eigenvalue weighted by atomic mass is 10.2. The molecule has 0 bridgehead atoms. The highest BCUT2D eigenvalue weighted by Crippen LogP contribution is 2.24. The van der Waals surface area contributed by atoms with Gasteiger partial charge in [-0.1, -0.05) is 31.5 Å². The van der Waals surface area contributed by atoms with Crippen LogP contribution in [0.25, 0.3) is 0 Å². The molecule has 0 aromatic heterocycles. The molecular formula is C17H18INO2. The van der Waals surface area contributed by atoms with Gasteiger partial charge in [0.05, 0.1) is 12.3 Å². The van der Waals surface area contributed by atoms with Crippen molar-refractivity contribution in [1.29, 1.82) is 0 Å². The van der Waals surface area contributed by atoms with E-state index in [0.717, 1.165) is 16.4 Å². The van der Waals surface area contributed by atoms with Gasteiger partial charge in [0, 0.05) is 9.13 Å². The third-order valence-corrected chi connectivity index (χ3v) is 3.65. The minimum absolute atomic E-state index is 0.125. The summed E-state index contributed by atoms with van der Waals surface area (Å²) in [5, 5.41) is 2.91. The van der Waals surface area contributed by atoms with E-state index in [1.165, 1.54) is 0 Å². The Balaban J connectivity index is 2.10. The molecule has 0 unspecified atom stereocenters. The zero-order valence-corrected chi connectivity index (χ0v) is 14.1. The molecule has 4 heteroatoms. The van der Waals surface area contributed by atoms with E-state index in [4.69, 9.17) is 4.74 Å². The highest BCUT2D eigenvalue weighted by Gasteiger charge is 2.09. The maximum Gasteiger partial charge on any atom is 0.255 e. The van der Waals surface area contributed by atoms with Crippen LogP contribution in [-0.2, 0) is 0 Å². The maximum atomic E-state index is 12.3. The smallest absolute Gasteiger partial charge is 0.255 e. The summed E-state index contributed by atoms with van der Waals surface area (Å²) < 4.78 is 6.76. The molecular weight excluding hydrogens is 377 g/mol. The molecule has 0 saturated carbocycles. The number of rotatable bonds is 6. The molecule has 0 radical (unpaired) electrons. The van der Waals surface area contributed by atoms with Crippen molar-refractivity contribution < 1.29 is 9.53 Å². The molecule has 1 amide bonds. The van der Waals surface area contributed by atoms with E-state index in [1.54, 1.807) is 6.07 Å². The van der Waals surface area contributed by atoms with E-state index >= 15 is 0 Å². The first-order valence-electron chi connectivity index (χ1n) is 6.99. The summed E-state index contributed by atoms with van der Waals surface area (Å²) in [4.78, 5) is 12.3. The van der Waals surface area contributed by atoms with Gasteiger partial charge in [-0.15, -0.1) is 0 Å². The van der Waals surface area contributed by atoms with Gasteiger partial charge in [-0.3, -0.25) is 4.79 Å². The fourth-order valence-electron chi connectivity index (χ4n) is 1.85. The van der Waals surface area contributed by atoms with E-state index in [0.29, 0.717) is 23.6 Å². The lowest BCUT2D eigenvalue weighted by molar-refractivity contribution is 0.102. The van der Waals surface area contributed by atoms with E-state index in [-0.39, 0.29) is 5.91 Å². The number of hydrogen-bond donors (Lipinski definition) is 1. The van der Waals surface area contributed by atoms with Crippen LogP contribution in [0.4, 0.5) is 5.69 Å². The standard InChI is InChI=1S/C17H18INO2/c1-2-3-11-21-16-10-5-4-9-15(16)19-17(20)13-7-6-8-14(18)12-13/h4-10,12H,2-3,11H2,1H3,(H,19,20). The number of benzene rings is 2. The maximum absolute atomic E-state index is 12.3. The molecule has 0 fully saturated rings. The quantitative estimate of drug-likeness (QED) is 0.568. The number of anilines is 1. The van der Waals surface area contributed by atoms with E-state index in [1.807, 2.05) is 42.5 Å². The summed E-state index contributed by atoms with van der Waals surface area (Å²) in [7, 11) is 0. The Morgan fingerprint density at radius 3 is 2.76 bits per heavy atom. The highest BCUT2D eigenvalue weighted by molar-refractivity contribution is 14.1. The molecule has 21 heavy (non-hydrogen) atoms. The Labute approximate surface area is 138 Å². The van der Waals surface area contributed by atoms with Crippen molar-refractivity contribution in [2.24, 2.45) is 0 Å². The molecule has 0 spiro atoms. The number of halogens is 1. The zero-order chi connectivity index (χ0) is 15.1. The van der Waals surface area contributed by atoms with Crippen molar-refractivity contribution in [3.05, 3.63) is 57.7 Å². The van der Waals surface area contributed by atoms with E-state index < -0.39 is 0 Å². The van der Waals surface area contributed by atoms with Crippen LogP contribution >= 0.6 is 22.6 Å². The molecule has 0 aliphatic carbocycles. The van der Waals surface area contributed by atoms with Crippen LogP contribution in [0.2, 0.25) is 0 Å². The Hall–Kier alpha value is -1.56. The third kappa shape index (κ3) is 4.74. The molecule has 2 aromatic carbocycles. The molecule has 2 rings (SSSR count). The highest BCUT2D eigenvalue weighted by atomic mass is 127. The van der Waals surface area contributed by atoms with Crippen molar-refractivity contribution in [2.45, 2.75) is 19.8 Å². The Bertz CT molecular complexity index is 613. The SMILES string of the molecule is CCCCOc1ccccc1NC(=O)c1cccc(I)c1. The normalized spacial score (nSPS) is 10.2. The number of para-hydroxylation sites is 2. The van der Waals surface area contributed by atoms with Gasteiger partial charge in [0.1, 0.15) is 5.75 Å². The van der Waals surface area contributed by atoms with Crippen molar-refractivity contribution >= 4 is 34.2 Å². The average molecular weight is 395 g/mol. The van der Waals surface area contributed by atoms with Gasteiger partial charge in [0.25, 0.3) is 5.91 Å². The first-order chi connectivity index (χ1) is 10.2. The number of unbranched alkanes of at least 4 members (excludes halogenated alkanes) is 1. The van der Waals surface area contributed by atoms with Crippen LogP contribution in [0.1, 0.15) is 30.1 Å². The van der Waals surface area contributed by atoms with Crippen molar-refractivity contribution in [2.75, 3.05) is 11.9 Å². The number of carbonyl (C=O) groups excluding carboxylic acids is 1. The fourth-order valence-corrected chi connectivity index (χ4v) is 2.39. The van der Waals surface area contributed by atoms with Gasteiger partial charge in [0.15, 0.2) is 0 Å². The summed E-state index contributed by atoms with van der Waals surface area (Å²) in [6.45, 7) is 2.78. The average Bonchev–Trinajstić information content (AvgIpc) is 2.49. The second-order valence-electron chi connectivity index (χ2n) is 4.66. The summed E-state index contributed by atoms with van der Waals surface area (Å²) in [5.74, 6) is 0.588. The van der Waals surface area contributed by atoms with Gasteiger partial charge in [-0.25, -0.2) is 0 Å². The molecule has 110 valence electrons. The predicted molar refractivity (Wildman–Crippen MR) is 94.0 cm³/mol. The first kappa shape index (κ1) is 15.8. The molecule has 0 atom stereocenters. The summed E-state index contributed by atoms with van der Waals surface area (Å²) in [6, 6.07) is 15.0. The molecule has 0 aliphatic heterocycles. The largest absolute Gasteiger partial charge is 0.491 e. The van der Waals surface area contributed by atoms with Gasteiger partial charge < -0.3 is 10.1 Å². The lowest BCUT2D eigenvalue weighted by Gasteiger charge is -2.12. The number of ether oxygens (including phenoxy) is 1. The second kappa shape index (κ2) is 8.02. The molecule has 3 nitrogen and oxygen atoms in total. The van der Waals surface area contributed by atoms with Crippen molar-refractivity contribution in [3.63, 3.8) is 0 Å². The minimum Gasteiger partial charge on any atom is -0.491 e. The Kier molecular flexibility index (Phi) is 6.04. The van der Waals surface area contributed by atoms with Gasteiger partial charge >= 0.3 is 0 Å². The van der Waals surface area contributed by atoms with E-state index in [9.17, 15) is 4.79 Å². The Morgan fingerprint density at radius 2 is 2.00 bits per heavy atom. The number of carbonyl (C=O) groups is 1. The summed E-state index contributed by atoms with van der Waals surface area (Å²) >= 11 is 2.19. The zero-order valence-electron chi connectivity index (χ0n) is 11.9. The fraction of sp³-hybridized carbons (Fsp3) is 0.235. The van der Waals surface area contributed by atoms with Crippen LogP contribution in [0.3, 0.4) is 0 Å². The monoisotopic (exact) mass is 395 g/mol. The second-order valence-corrected chi connectivity index (χ2v) is 5.91. The van der Waals surface area contributed by atoms with Crippen LogP contribution in [0.5, 0.6) is 5.75 Å². The van der Waals surface area contributed by atoms with Gasteiger partial charge in [0.2, 0.25) is 0 Å². The van der Waals surface area contributed by atoms with Crippen LogP contribution in [0.15, 0.2) is 48.5 Å². The van der Waals surface area contributed by atoms with E-state index in [2.05, 4.69) is 34.8 Å². The molecule has 0 heterocycles. The van der Waals surface area contributed by atoms with Crippen LogP contribution in [0, 0.1) is 3.57 Å². The van der Waals surface area contributed by atoms with Gasteiger partial charge in [-0.2, -0.15) is 0 Å².